The van der Waals surface area contributed by atoms with Gasteiger partial charge < -0.3 is 45.3 Å². The molecule has 0 fully saturated rings. The van der Waals surface area contributed by atoms with E-state index < -0.39 is 65.3 Å². The predicted molar refractivity (Wildman–Crippen MR) is 196 cm³/mol. The third kappa shape index (κ3) is 9.64. The minimum atomic E-state index is -1.62. The molecule has 0 saturated heterocycles. The van der Waals surface area contributed by atoms with Gasteiger partial charge in [0.2, 0.25) is 23.5 Å². The van der Waals surface area contributed by atoms with Crippen LogP contribution in [0.1, 0.15) is 61.2 Å². The molecular formula is C40H42N4O10. The average Bonchev–Trinajstić information content (AvgIpc) is 3.14. The number of carbonyl (C=O) groups is 5. The lowest BCUT2D eigenvalue weighted by molar-refractivity contribution is -0.145. The predicted octanol–water partition coefficient (Wildman–Crippen LogP) is 4.69. The van der Waals surface area contributed by atoms with Crippen molar-refractivity contribution in [3.63, 3.8) is 0 Å². The van der Waals surface area contributed by atoms with E-state index in [0.29, 0.717) is 22.4 Å². The Morgan fingerprint density at radius 3 is 2.11 bits per heavy atom. The van der Waals surface area contributed by atoms with Crippen LogP contribution in [0, 0.1) is 0 Å². The second-order valence-corrected chi connectivity index (χ2v) is 13.4. The third-order valence-electron chi connectivity index (χ3n) is 8.27. The van der Waals surface area contributed by atoms with Crippen LogP contribution in [0.5, 0.6) is 23.0 Å². The van der Waals surface area contributed by atoms with Crippen molar-refractivity contribution in [2.24, 2.45) is 0 Å². The molecule has 54 heavy (non-hydrogen) atoms. The number of rotatable bonds is 7. The number of hydrogen-bond acceptors (Lipinski definition) is 10. The van der Waals surface area contributed by atoms with E-state index in [2.05, 4.69) is 21.3 Å². The van der Waals surface area contributed by atoms with E-state index in [1.165, 1.54) is 26.4 Å². The van der Waals surface area contributed by atoms with Crippen LogP contribution in [0.15, 0.2) is 97.1 Å². The Morgan fingerprint density at radius 1 is 0.852 bits per heavy atom. The summed E-state index contributed by atoms with van der Waals surface area (Å²) in [5.74, 6) is -3.36. The zero-order valence-electron chi connectivity index (χ0n) is 30.4. The number of amides is 4. The molecule has 0 radical (unpaired) electrons. The number of nitrogens with one attached hydrogen (secondary N) is 4. The second kappa shape index (κ2) is 16.8. The first-order chi connectivity index (χ1) is 25.8. The highest BCUT2D eigenvalue weighted by Crippen LogP contribution is 2.42. The van der Waals surface area contributed by atoms with Crippen molar-refractivity contribution in [1.82, 2.24) is 21.3 Å². The lowest BCUT2D eigenvalue weighted by Gasteiger charge is -2.28. The van der Waals surface area contributed by atoms with Crippen LogP contribution in [0.4, 0.5) is 4.79 Å². The molecule has 4 amide bonds. The number of phenols is 1. The number of esters is 1. The second-order valence-electron chi connectivity index (χ2n) is 13.4. The monoisotopic (exact) mass is 738 g/mol. The first kappa shape index (κ1) is 38.7. The number of phenolic OH excluding ortho intramolecular Hbond substituents is 1. The highest BCUT2D eigenvalue weighted by Gasteiger charge is 2.35. The molecular weight excluding hydrogens is 696 g/mol. The van der Waals surface area contributed by atoms with Gasteiger partial charge in [0, 0.05) is 6.42 Å². The molecule has 2 aliphatic rings. The zero-order valence-corrected chi connectivity index (χ0v) is 30.4. The molecule has 14 nitrogen and oxygen atoms in total. The summed E-state index contributed by atoms with van der Waals surface area (Å²) in [7, 11) is 2.52. The van der Waals surface area contributed by atoms with Crippen molar-refractivity contribution < 1.29 is 48.0 Å². The van der Waals surface area contributed by atoms with E-state index in [4.69, 9.17) is 18.9 Å². The summed E-state index contributed by atoms with van der Waals surface area (Å²) < 4.78 is 22.0. The Bertz CT molecular complexity index is 1980. The molecule has 0 unspecified atom stereocenters. The van der Waals surface area contributed by atoms with Crippen LogP contribution >= 0.6 is 0 Å². The lowest BCUT2D eigenvalue weighted by atomic mass is 9.99. The van der Waals surface area contributed by atoms with E-state index >= 15 is 0 Å². The van der Waals surface area contributed by atoms with E-state index in [-0.39, 0.29) is 23.5 Å². The van der Waals surface area contributed by atoms with Gasteiger partial charge in [-0.15, -0.1) is 0 Å². The van der Waals surface area contributed by atoms with Crippen LogP contribution in [-0.2, 0) is 35.1 Å². The van der Waals surface area contributed by atoms with Gasteiger partial charge in [0.05, 0.1) is 14.2 Å². The van der Waals surface area contributed by atoms with Crippen molar-refractivity contribution in [2.45, 2.75) is 57.0 Å². The topological polar surface area (TPSA) is 191 Å². The molecule has 2 heterocycles. The van der Waals surface area contributed by atoms with Gasteiger partial charge in [-0.3, -0.25) is 14.4 Å². The van der Waals surface area contributed by atoms with E-state index in [9.17, 15) is 29.1 Å². The third-order valence-corrected chi connectivity index (χ3v) is 8.27. The molecule has 14 heteroatoms. The number of benzene rings is 4. The van der Waals surface area contributed by atoms with Crippen LogP contribution in [0.3, 0.4) is 0 Å². The Kier molecular flexibility index (Phi) is 12.1. The Morgan fingerprint density at radius 2 is 1.50 bits per heavy atom. The maximum atomic E-state index is 14.5. The van der Waals surface area contributed by atoms with Gasteiger partial charge in [0.15, 0.2) is 11.5 Å². The Labute approximate surface area is 312 Å². The SMILES string of the molecule is COC(=O)[C@@H]1Cc2ccc(cc2)Oc2cc(cc(O)c2OC)[C@@H](NC(=O)[C@@H](NC(=O)OC(C)(C)C)c2ccccc2)C(=O)N[C@@H](c2ccccc2)C(=O)N1. The lowest BCUT2D eigenvalue weighted by Crippen LogP contribution is -2.51. The quantitative estimate of drug-likeness (QED) is 0.166. The summed E-state index contributed by atoms with van der Waals surface area (Å²) in [6.07, 6.45) is -0.850. The fourth-order valence-electron chi connectivity index (χ4n) is 5.77. The first-order valence-corrected chi connectivity index (χ1v) is 17.0. The van der Waals surface area contributed by atoms with Crippen LogP contribution in [0.25, 0.3) is 0 Å². The molecule has 0 aliphatic carbocycles. The molecule has 0 saturated carbocycles. The average molecular weight is 739 g/mol. The van der Waals surface area contributed by atoms with Crippen molar-refractivity contribution in [3.8, 4) is 23.0 Å². The number of alkyl carbamates (subject to hydrolysis) is 1. The highest BCUT2D eigenvalue weighted by molar-refractivity contribution is 5.96. The number of hydrogen-bond donors (Lipinski definition) is 5. The summed E-state index contributed by atoms with van der Waals surface area (Å²) in [6, 6.07) is 20.4. The van der Waals surface area contributed by atoms with Crippen LogP contribution in [-0.4, -0.2) is 60.8 Å². The van der Waals surface area contributed by atoms with Crippen LogP contribution < -0.4 is 30.7 Å². The number of methoxy groups -OCH3 is 2. The maximum absolute atomic E-state index is 14.5. The molecule has 6 rings (SSSR count). The molecule has 4 aromatic rings. The van der Waals surface area contributed by atoms with Crippen LogP contribution in [0.2, 0.25) is 0 Å². The largest absolute Gasteiger partial charge is 0.504 e. The molecule has 4 bridgehead atoms. The molecule has 0 aromatic heterocycles. The van der Waals surface area contributed by atoms with Gasteiger partial charge in [0.25, 0.3) is 0 Å². The van der Waals surface area contributed by atoms with Crippen molar-refractivity contribution in [1.29, 1.82) is 0 Å². The summed E-state index contributed by atoms with van der Waals surface area (Å²) in [5.41, 5.74) is 0.529. The Hall–Kier alpha value is -6.57. The van der Waals surface area contributed by atoms with Crippen molar-refractivity contribution >= 4 is 29.8 Å². The smallest absolute Gasteiger partial charge is 0.408 e. The minimum Gasteiger partial charge on any atom is -0.504 e. The number of carbonyl (C=O) groups excluding carboxylic acids is 5. The fraction of sp³-hybridized carbons (Fsp3) is 0.275. The van der Waals surface area contributed by atoms with Gasteiger partial charge in [-0.05, 0) is 67.3 Å². The molecule has 4 aromatic carbocycles. The maximum Gasteiger partial charge on any atom is 0.408 e. The van der Waals surface area contributed by atoms with Gasteiger partial charge in [0.1, 0.15) is 35.5 Å². The highest BCUT2D eigenvalue weighted by atomic mass is 16.6. The fourth-order valence-corrected chi connectivity index (χ4v) is 5.77. The van der Waals surface area contributed by atoms with Gasteiger partial charge in [-0.2, -0.15) is 0 Å². The molecule has 4 atom stereocenters. The standard InChI is InChI=1S/C40H42N4O10/c1-40(2,3)54-39(50)44-32(25-14-10-7-11-15-25)36(47)43-33-26-21-29(45)34(51-4)30(22-26)53-27-18-16-23(17-19-27)20-28(38(49)52-5)41-35(46)31(42-37(33)48)24-12-8-6-9-13-24/h6-19,21-22,28,31-33,45H,20H2,1-5H3,(H,41,46)(H,42,48)(H,43,47)(H,44,50)/t28-,31-,32-,33+/m0/s1. The number of aromatic hydroxyl groups is 1. The van der Waals surface area contributed by atoms with Gasteiger partial charge >= 0.3 is 12.1 Å². The summed E-state index contributed by atoms with van der Waals surface area (Å²) in [4.78, 5) is 68.7. The minimum absolute atomic E-state index is 0.00401. The number of fused-ring (bicyclic) bond motifs is 9. The van der Waals surface area contributed by atoms with Gasteiger partial charge in [-0.1, -0.05) is 72.8 Å². The van der Waals surface area contributed by atoms with E-state index in [1.54, 1.807) is 106 Å². The van der Waals surface area contributed by atoms with E-state index in [0.717, 1.165) is 0 Å². The number of ether oxygens (including phenoxy) is 4. The summed E-state index contributed by atoms with van der Waals surface area (Å²) in [5, 5.41) is 21.8. The van der Waals surface area contributed by atoms with Crippen molar-refractivity contribution in [3.05, 3.63) is 119 Å². The van der Waals surface area contributed by atoms with Crippen molar-refractivity contribution in [2.75, 3.05) is 14.2 Å². The molecule has 0 spiro atoms. The molecule has 5 N–H and O–H groups in total. The zero-order chi connectivity index (χ0) is 39.0. The summed E-state index contributed by atoms with van der Waals surface area (Å²) >= 11 is 0. The van der Waals surface area contributed by atoms with E-state index in [1.807, 2.05) is 0 Å². The Balaban J connectivity index is 1.64. The summed E-state index contributed by atoms with van der Waals surface area (Å²) in [6.45, 7) is 5.01. The molecule has 2 aliphatic heterocycles. The van der Waals surface area contributed by atoms with Gasteiger partial charge in [-0.25, -0.2) is 9.59 Å². The normalized spacial score (nSPS) is 17.8. The first-order valence-electron chi connectivity index (χ1n) is 17.0. The molecule has 282 valence electrons.